The number of hydrogen-bond acceptors (Lipinski definition) is 0. The average Bonchev–Trinajstić information content (AvgIpc) is 2.82. The van der Waals surface area contributed by atoms with Crippen molar-refractivity contribution < 1.29 is 21.7 Å². The monoisotopic (exact) mass is 388 g/mol. The van der Waals surface area contributed by atoms with Crippen LogP contribution in [-0.4, -0.2) is 9.52 Å². The van der Waals surface area contributed by atoms with E-state index in [0.29, 0.717) is 0 Å². The minimum absolute atomic E-state index is 0. The van der Waals surface area contributed by atoms with Gasteiger partial charge in [-0.05, 0) is 63.5 Å². The van der Waals surface area contributed by atoms with Gasteiger partial charge < -0.3 is 0 Å². The Labute approximate surface area is 174 Å². The molecule has 1 radical (unpaired) electrons. The SMILES string of the molecule is C[SiH]C.[CH2-]C=C(C1(C)C=C(C)C(C)=C1C)C1(C)C=C(C)C(C)=C1C.[Ti+2]. The molecular weight excluding hydrogens is 352 g/mol. The number of hydrogen-bond donors (Lipinski definition) is 0. The second-order valence-corrected chi connectivity index (χ2v) is 8.91. The molecule has 0 saturated heterocycles. The van der Waals surface area contributed by atoms with Crippen LogP contribution in [0.5, 0.6) is 0 Å². The molecule has 2 aliphatic carbocycles. The van der Waals surface area contributed by atoms with E-state index in [9.17, 15) is 0 Å². The minimum Gasteiger partial charge on any atom is -0.245 e. The first-order valence-electron chi connectivity index (χ1n) is 9.01. The van der Waals surface area contributed by atoms with E-state index in [2.05, 4.69) is 93.6 Å². The first-order chi connectivity index (χ1) is 11.0. The molecule has 0 bridgehead atoms. The molecule has 0 aromatic heterocycles. The molecule has 0 aliphatic heterocycles. The third kappa shape index (κ3) is 4.10. The first-order valence-corrected chi connectivity index (χ1v) is 11.3. The maximum Gasteiger partial charge on any atom is 2.00 e. The molecule has 0 saturated carbocycles. The van der Waals surface area contributed by atoms with Crippen LogP contribution in [0.2, 0.25) is 13.1 Å². The molecule has 135 valence electrons. The van der Waals surface area contributed by atoms with Crippen molar-refractivity contribution in [3.63, 3.8) is 0 Å². The average molecular weight is 388 g/mol. The van der Waals surface area contributed by atoms with Crippen LogP contribution in [-0.2, 0) is 21.7 Å². The fourth-order valence-corrected chi connectivity index (χ4v) is 4.19. The molecule has 0 amide bonds. The smallest absolute Gasteiger partial charge is 0.245 e. The molecule has 2 unspecified atom stereocenters. The summed E-state index contributed by atoms with van der Waals surface area (Å²) in [7, 11) is 0.750. The van der Waals surface area contributed by atoms with Crippen LogP contribution in [0.1, 0.15) is 55.4 Å². The minimum atomic E-state index is -0.0205. The summed E-state index contributed by atoms with van der Waals surface area (Å²) in [6, 6.07) is 0. The van der Waals surface area contributed by atoms with Gasteiger partial charge in [0, 0.05) is 9.52 Å². The summed E-state index contributed by atoms with van der Waals surface area (Å²) in [4.78, 5) is 0. The third-order valence-electron chi connectivity index (χ3n) is 6.20. The summed E-state index contributed by atoms with van der Waals surface area (Å²) in [5, 5.41) is 0. The largest absolute Gasteiger partial charge is 2.00 e. The van der Waals surface area contributed by atoms with Crippen LogP contribution in [0.15, 0.2) is 57.2 Å². The van der Waals surface area contributed by atoms with Crippen LogP contribution in [0, 0.1) is 17.8 Å². The molecule has 2 rings (SSSR count). The first kappa shape index (κ1) is 24.5. The fraction of sp³-hybridized carbons (Fsp3) is 0.522. The van der Waals surface area contributed by atoms with Crippen molar-refractivity contribution in [1.82, 2.24) is 0 Å². The van der Waals surface area contributed by atoms with Crippen LogP contribution in [0.4, 0.5) is 0 Å². The van der Waals surface area contributed by atoms with Gasteiger partial charge in [-0.15, -0.1) is 0 Å². The Kier molecular flexibility index (Phi) is 8.75. The Bertz CT molecular complexity index is 618. The maximum absolute atomic E-state index is 4.17. The van der Waals surface area contributed by atoms with Crippen molar-refractivity contribution in [3.8, 4) is 0 Å². The van der Waals surface area contributed by atoms with Gasteiger partial charge in [0.2, 0.25) is 0 Å². The molecule has 0 nitrogen and oxygen atoms in total. The molecule has 0 N–H and O–H groups in total. The maximum atomic E-state index is 4.17. The van der Waals surface area contributed by atoms with Gasteiger partial charge in [0.15, 0.2) is 0 Å². The van der Waals surface area contributed by atoms with Gasteiger partial charge in [-0.3, -0.25) is 0 Å². The predicted molar refractivity (Wildman–Crippen MR) is 113 cm³/mol. The van der Waals surface area contributed by atoms with Crippen molar-refractivity contribution in [3.05, 3.63) is 64.2 Å². The van der Waals surface area contributed by atoms with E-state index in [4.69, 9.17) is 0 Å². The zero-order chi connectivity index (χ0) is 18.9. The molecule has 2 atom stereocenters. The van der Waals surface area contributed by atoms with E-state index < -0.39 is 0 Å². The zero-order valence-electron chi connectivity index (χ0n) is 18.0. The van der Waals surface area contributed by atoms with E-state index in [1.807, 2.05) is 0 Å². The Morgan fingerprint density at radius 1 is 0.840 bits per heavy atom. The van der Waals surface area contributed by atoms with E-state index in [-0.39, 0.29) is 32.5 Å². The summed E-state index contributed by atoms with van der Waals surface area (Å²) >= 11 is 0. The van der Waals surface area contributed by atoms with Crippen molar-refractivity contribution in [2.45, 2.75) is 68.5 Å². The molecule has 0 fully saturated rings. The van der Waals surface area contributed by atoms with Crippen molar-refractivity contribution in [1.29, 1.82) is 0 Å². The predicted octanol–water partition coefficient (Wildman–Crippen LogP) is 6.87. The summed E-state index contributed by atoms with van der Waals surface area (Å²) < 4.78 is 0. The zero-order valence-corrected chi connectivity index (χ0v) is 20.7. The number of allylic oxidation sites excluding steroid dienone is 10. The van der Waals surface area contributed by atoms with E-state index in [1.54, 1.807) is 0 Å². The molecule has 2 aliphatic rings. The second-order valence-electron chi connectivity index (χ2n) is 7.75. The Balaban J connectivity index is 0.00000134. The topological polar surface area (TPSA) is 0 Å². The van der Waals surface area contributed by atoms with Gasteiger partial charge in [0.05, 0.1) is 0 Å². The van der Waals surface area contributed by atoms with Crippen LogP contribution >= 0.6 is 0 Å². The van der Waals surface area contributed by atoms with E-state index >= 15 is 0 Å². The van der Waals surface area contributed by atoms with Gasteiger partial charge in [0.1, 0.15) is 0 Å². The second kappa shape index (κ2) is 8.93. The normalized spacial score (nSPS) is 28.1. The Morgan fingerprint density at radius 3 is 1.28 bits per heavy atom. The Morgan fingerprint density at radius 2 is 1.12 bits per heavy atom. The van der Waals surface area contributed by atoms with Crippen LogP contribution in [0.3, 0.4) is 0 Å². The van der Waals surface area contributed by atoms with Crippen LogP contribution < -0.4 is 0 Å². The molecular formula is C23H36SiTi+. The van der Waals surface area contributed by atoms with Crippen molar-refractivity contribution in [2.75, 3.05) is 0 Å². The summed E-state index contributed by atoms with van der Waals surface area (Å²) in [5.74, 6) is 0. The number of rotatable bonds is 2. The fourth-order valence-electron chi connectivity index (χ4n) is 4.19. The summed E-state index contributed by atoms with van der Waals surface area (Å²) in [6.07, 6.45) is 6.94. The molecule has 0 aromatic carbocycles. The quantitative estimate of drug-likeness (QED) is 0.358. The third-order valence-corrected chi connectivity index (χ3v) is 6.20. The molecule has 25 heavy (non-hydrogen) atoms. The van der Waals surface area contributed by atoms with Gasteiger partial charge >= 0.3 is 21.7 Å². The molecule has 0 heterocycles. The van der Waals surface area contributed by atoms with Gasteiger partial charge in [-0.2, -0.15) is 5.57 Å². The van der Waals surface area contributed by atoms with Crippen molar-refractivity contribution >= 4 is 9.52 Å². The van der Waals surface area contributed by atoms with Crippen LogP contribution in [0.25, 0.3) is 0 Å². The summed E-state index contributed by atoms with van der Waals surface area (Å²) in [6.45, 7) is 26.7. The molecule has 0 aromatic rings. The van der Waals surface area contributed by atoms with E-state index in [1.165, 1.54) is 39.0 Å². The van der Waals surface area contributed by atoms with E-state index in [0.717, 1.165) is 9.52 Å². The standard InChI is InChI=1S/C21H29.C2H7Si.Ti/c1-10-19(20(8)11-13(2)15(4)17(20)6)21(9)12-14(3)16(5)18(21)7;1-3-2;/h10-12H,1H2,2-9H3;3H,1-2H3;/q-1;;+2. The van der Waals surface area contributed by atoms with Gasteiger partial charge in [-0.1, -0.05) is 61.4 Å². The Hall–Kier alpha value is -0.499. The molecule has 2 heteroatoms. The molecule has 0 spiro atoms. The van der Waals surface area contributed by atoms with Gasteiger partial charge in [0.25, 0.3) is 0 Å². The van der Waals surface area contributed by atoms with Crippen molar-refractivity contribution in [2.24, 2.45) is 10.8 Å². The summed E-state index contributed by atoms with van der Waals surface area (Å²) in [5.41, 5.74) is 9.93. The van der Waals surface area contributed by atoms with Gasteiger partial charge in [-0.25, -0.2) is 13.0 Å².